The first-order chi connectivity index (χ1) is 11.6. The highest BCUT2D eigenvalue weighted by atomic mass is 16.2. The fourth-order valence-corrected chi connectivity index (χ4v) is 4.23. The van der Waals surface area contributed by atoms with E-state index in [0.717, 1.165) is 11.3 Å². The molecule has 0 bridgehead atoms. The number of nitrogens with zero attached hydrogens (tertiary/aromatic N) is 1. The third-order valence-corrected chi connectivity index (χ3v) is 5.42. The quantitative estimate of drug-likeness (QED) is 0.595. The minimum atomic E-state index is -0.152. The van der Waals surface area contributed by atoms with Crippen molar-refractivity contribution in [3.05, 3.63) is 64.0 Å². The van der Waals surface area contributed by atoms with Gasteiger partial charge in [0.05, 0.1) is 5.57 Å². The number of aryl methyl sites for hydroxylation is 1. The highest BCUT2D eigenvalue weighted by Crippen LogP contribution is 2.35. The van der Waals surface area contributed by atoms with Crippen LogP contribution in [-0.4, -0.2) is 16.1 Å². The smallest absolute Gasteiger partial charge is 0.197 e. The molecule has 0 aliphatic heterocycles. The van der Waals surface area contributed by atoms with E-state index in [2.05, 4.69) is 24.5 Å². The fraction of sp³-hybridized carbons (Fsp3) is 0.333. The second kappa shape index (κ2) is 5.59. The molecule has 0 amide bonds. The first-order valence-corrected chi connectivity index (χ1v) is 8.66. The minimum Gasteiger partial charge on any atom is -0.346 e. The van der Waals surface area contributed by atoms with E-state index in [0.29, 0.717) is 22.7 Å². The van der Waals surface area contributed by atoms with Crippen molar-refractivity contribution < 1.29 is 9.59 Å². The molecule has 0 saturated heterocycles. The van der Waals surface area contributed by atoms with Crippen molar-refractivity contribution in [2.75, 3.05) is 0 Å². The number of hydrogen-bond donors (Lipinski definition) is 0. The average Bonchev–Trinajstić information content (AvgIpc) is 3.24. The van der Waals surface area contributed by atoms with Crippen molar-refractivity contribution in [1.82, 2.24) is 4.57 Å². The molecule has 0 radical (unpaired) electrons. The molecule has 1 aromatic carbocycles. The molecule has 122 valence electrons. The summed E-state index contributed by atoms with van der Waals surface area (Å²) in [6, 6.07) is 9.74. The van der Waals surface area contributed by atoms with E-state index in [1.807, 2.05) is 0 Å². The van der Waals surface area contributed by atoms with Crippen molar-refractivity contribution >= 4 is 17.6 Å². The van der Waals surface area contributed by atoms with E-state index in [1.165, 1.54) is 31.4 Å². The molecule has 2 aliphatic carbocycles. The molecule has 0 atom stereocenters. The Labute approximate surface area is 142 Å². The largest absolute Gasteiger partial charge is 0.346 e. The number of carbonyl (C=O) groups excluding carboxylic acids is 2. The zero-order valence-corrected chi connectivity index (χ0v) is 14.1. The van der Waals surface area contributed by atoms with E-state index in [9.17, 15) is 9.59 Å². The van der Waals surface area contributed by atoms with Gasteiger partial charge in [-0.1, -0.05) is 37.1 Å². The van der Waals surface area contributed by atoms with Crippen LogP contribution in [0.25, 0.3) is 6.08 Å². The Morgan fingerprint density at radius 1 is 1.00 bits per heavy atom. The summed E-state index contributed by atoms with van der Waals surface area (Å²) in [6.45, 7) is 4.20. The maximum Gasteiger partial charge on any atom is 0.197 e. The number of carbonyl (C=O) groups is 2. The topological polar surface area (TPSA) is 39.1 Å². The molecule has 0 spiro atoms. The lowest BCUT2D eigenvalue weighted by Crippen LogP contribution is -2.08. The van der Waals surface area contributed by atoms with Gasteiger partial charge in [0, 0.05) is 28.6 Å². The van der Waals surface area contributed by atoms with Gasteiger partial charge in [-0.05, 0) is 44.4 Å². The number of benzene rings is 1. The molecule has 0 N–H and O–H groups in total. The summed E-state index contributed by atoms with van der Waals surface area (Å²) in [7, 11) is 0. The second-order valence-electron chi connectivity index (χ2n) is 6.90. The van der Waals surface area contributed by atoms with E-state index in [1.54, 1.807) is 30.3 Å². The fourth-order valence-electron chi connectivity index (χ4n) is 4.23. The average molecular weight is 319 g/mol. The predicted octanol–water partition coefficient (Wildman–Crippen LogP) is 4.68. The van der Waals surface area contributed by atoms with Crippen molar-refractivity contribution in [2.24, 2.45) is 0 Å². The number of Topliss-reactive ketones (excluding diaryl/α,β-unsaturated/α-hetero) is 2. The summed E-state index contributed by atoms with van der Waals surface area (Å²) in [5.74, 6) is -0.303. The Bertz CT molecular complexity index is 842. The predicted molar refractivity (Wildman–Crippen MR) is 94.5 cm³/mol. The number of ketones is 2. The summed E-state index contributed by atoms with van der Waals surface area (Å²) >= 11 is 0. The Kier molecular flexibility index (Phi) is 3.52. The Hall–Kier alpha value is -2.42. The van der Waals surface area contributed by atoms with Crippen LogP contribution in [0.1, 0.15) is 69.4 Å². The summed E-state index contributed by atoms with van der Waals surface area (Å²) < 4.78 is 2.39. The van der Waals surface area contributed by atoms with Gasteiger partial charge >= 0.3 is 0 Å². The van der Waals surface area contributed by atoms with Crippen LogP contribution in [0.4, 0.5) is 0 Å². The Morgan fingerprint density at radius 3 is 2.17 bits per heavy atom. The third kappa shape index (κ3) is 2.19. The Morgan fingerprint density at radius 2 is 1.58 bits per heavy atom. The van der Waals surface area contributed by atoms with E-state index < -0.39 is 0 Å². The molecule has 1 saturated carbocycles. The van der Waals surface area contributed by atoms with Crippen LogP contribution in [0.15, 0.2) is 35.9 Å². The summed E-state index contributed by atoms with van der Waals surface area (Å²) in [5, 5.41) is 0. The molecular formula is C21H21NO2. The maximum atomic E-state index is 12.6. The molecule has 4 rings (SSSR count). The molecule has 24 heavy (non-hydrogen) atoms. The molecule has 1 heterocycles. The normalized spacial score (nSPS) is 17.7. The molecule has 3 nitrogen and oxygen atoms in total. The van der Waals surface area contributed by atoms with Gasteiger partial charge in [-0.15, -0.1) is 0 Å². The van der Waals surface area contributed by atoms with Crippen LogP contribution in [0.5, 0.6) is 0 Å². The summed E-state index contributed by atoms with van der Waals surface area (Å²) in [4.78, 5) is 25.1. The lowest BCUT2D eigenvalue weighted by atomic mass is 10.1. The standard InChI is InChI=1S/C21H21NO2/c1-13-11-15(14(2)22(13)16-7-3-4-8-16)12-19-20(23)17-9-5-6-10-18(17)21(19)24/h5-6,9-12,16H,3-4,7-8H2,1-2H3. The van der Waals surface area contributed by atoms with E-state index >= 15 is 0 Å². The summed E-state index contributed by atoms with van der Waals surface area (Å²) in [5.41, 5.74) is 4.70. The lowest BCUT2D eigenvalue weighted by molar-refractivity contribution is 0.0990. The van der Waals surface area contributed by atoms with Crippen molar-refractivity contribution in [2.45, 2.75) is 45.6 Å². The monoisotopic (exact) mass is 319 g/mol. The number of fused-ring (bicyclic) bond motifs is 1. The van der Waals surface area contributed by atoms with E-state index in [-0.39, 0.29) is 11.6 Å². The molecule has 0 unspecified atom stereocenters. The van der Waals surface area contributed by atoms with E-state index in [4.69, 9.17) is 0 Å². The van der Waals surface area contributed by atoms with Crippen LogP contribution in [0, 0.1) is 13.8 Å². The van der Waals surface area contributed by atoms with Gasteiger partial charge in [0.1, 0.15) is 0 Å². The Balaban J connectivity index is 1.76. The molecular weight excluding hydrogens is 298 g/mol. The maximum absolute atomic E-state index is 12.6. The third-order valence-electron chi connectivity index (χ3n) is 5.42. The minimum absolute atomic E-state index is 0.152. The van der Waals surface area contributed by atoms with Crippen LogP contribution in [-0.2, 0) is 0 Å². The van der Waals surface area contributed by atoms with Gasteiger partial charge in [-0.3, -0.25) is 9.59 Å². The summed E-state index contributed by atoms with van der Waals surface area (Å²) in [6.07, 6.45) is 6.79. The van der Waals surface area contributed by atoms with Crippen molar-refractivity contribution in [3.63, 3.8) is 0 Å². The molecule has 2 aliphatic rings. The number of hydrogen-bond acceptors (Lipinski definition) is 2. The van der Waals surface area contributed by atoms with Gasteiger partial charge in [0.2, 0.25) is 0 Å². The number of aromatic nitrogens is 1. The van der Waals surface area contributed by atoms with Gasteiger partial charge in [-0.25, -0.2) is 0 Å². The SMILES string of the molecule is Cc1cc(C=C2C(=O)c3ccccc3C2=O)c(C)n1C1CCCC1. The van der Waals surface area contributed by atoms with Crippen LogP contribution >= 0.6 is 0 Å². The van der Waals surface area contributed by atoms with Crippen LogP contribution in [0.3, 0.4) is 0 Å². The highest BCUT2D eigenvalue weighted by Gasteiger charge is 2.33. The number of rotatable bonds is 2. The molecule has 3 heteroatoms. The molecule has 2 aromatic rings. The highest BCUT2D eigenvalue weighted by molar-refractivity contribution is 6.41. The zero-order chi connectivity index (χ0) is 16.8. The van der Waals surface area contributed by atoms with Crippen LogP contribution in [0.2, 0.25) is 0 Å². The zero-order valence-electron chi connectivity index (χ0n) is 14.1. The van der Waals surface area contributed by atoms with Crippen molar-refractivity contribution in [1.29, 1.82) is 0 Å². The lowest BCUT2D eigenvalue weighted by Gasteiger charge is -2.17. The molecule has 1 aromatic heterocycles. The first kappa shape index (κ1) is 15.1. The van der Waals surface area contributed by atoms with Gasteiger partial charge in [0.25, 0.3) is 0 Å². The first-order valence-electron chi connectivity index (χ1n) is 8.66. The second-order valence-corrected chi connectivity index (χ2v) is 6.90. The van der Waals surface area contributed by atoms with Crippen molar-refractivity contribution in [3.8, 4) is 0 Å². The van der Waals surface area contributed by atoms with Gasteiger partial charge < -0.3 is 4.57 Å². The van der Waals surface area contributed by atoms with Gasteiger partial charge in [-0.2, -0.15) is 0 Å². The van der Waals surface area contributed by atoms with Gasteiger partial charge in [0.15, 0.2) is 11.6 Å². The van der Waals surface area contributed by atoms with Crippen LogP contribution < -0.4 is 0 Å². The number of allylic oxidation sites excluding steroid dienone is 1. The molecule has 1 fully saturated rings.